The Kier molecular flexibility index (Phi) is 3.30. The van der Waals surface area contributed by atoms with Crippen LogP contribution in [0.5, 0.6) is 0 Å². The number of carbonyl (C=O) groups is 2. The molecule has 1 N–H and O–H groups in total. The van der Waals surface area contributed by atoms with E-state index in [2.05, 4.69) is 5.32 Å². The maximum atomic E-state index is 12.3. The summed E-state index contributed by atoms with van der Waals surface area (Å²) in [5.74, 6) is -0.00574. The van der Waals surface area contributed by atoms with Crippen molar-refractivity contribution in [2.45, 2.75) is 18.4 Å². The minimum absolute atomic E-state index is 0.00574. The molecule has 5 nitrogen and oxygen atoms in total. The number of hydrogen-bond acceptors (Lipinski definition) is 3. The first kappa shape index (κ1) is 13.2. The summed E-state index contributed by atoms with van der Waals surface area (Å²) < 4.78 is 5.33. The number of hydrogen-bond donors (Lipinski definition) is 1. The van der Waals surface area contributed by atoms with Crippen molar-refractivity contribution in [2.75, 3.05) is 19.6 Å². The predicted molar refractivity (Wildman–Crippen MR) is 73.8 cm³/mol. The lowest BCUT2D eigenvalue weighted by Crippen LogP contribution is -2.48. The van der Waals surface area contributed by atoms with Gasteiger partial charge in [0.25, 0.3) is 5.91 Å². The van der Waals surface area contributed by atoms with Gasteiger partial charge in [0.05, 0.1) is 6.54 Å². The molecule has 0 unspecified atom stereocenters. The summed E-state index contributed by atoms with van der Waals surface area (Å²) in [4.78, 5) is 25.3. The van der Waals surface area contributed by atoms with Crippen LogP contribution in [-0.4, -0.2) is 42.1 Å². The van der Waals surface area contributed by atoms with E-state index in [4.69, 9.17) is 16.3 Å². The zero-order chi connectivity index (χ0) is 14.2. The van der Waals surface area contributed by atoms with Crippen molar-refractivity contribution < 1.29 is 14.3 Å². The van der Waals surface area contributed by atoms with Gasteiger partial charge in [-0.3, -0.25) is 4.79 Å². The van der Waals surface area contributed by atoms with Crippen LogP contribution in [0.15, 0.2) is 24.3 Å². The van der Waals surface area contributed by atoms with Crippen LogP contribution in [0.1, 0.15) is 23.2 Å². The summed E-state index contributed by atoms with van der Waals surface area (Å²) >= 11 is 5.82. The molecule has 106 valence electrons. The van der Waals surface area contributed by atoms with Crippen molar-refractivity contribution in [1.29, 1.82) is 0 Å². The summed E-state index contributed by atoms with van der Waals surface area (Å²) in [6, 6.07) is 6.88. The SMILES string of the molecule is O=C1NCC2(CCN(C(=O)c3ccc(Cl)cc3)CC2)O1. The van der Waals surface area contributed by atoms with E-state index < -0.39 is 5.60 Å². The highest BCUT2D eigenvalue weighted by Gasteiger charge is 2.43. The number of halogens is 1. The lowest BCUT2D eigenvalue weighted by atomic mass is 9.91. The summed E-state index contributed by atoms with van der Waals surface area (Å²) in [5.41, 5.74) is 0.209. The Morgan fingerprint density at radius 1 is 1.25 bits per heavy atom. The Labute approximate surface area is 121 Å². The Bertz CT molecular complexity index is 536. The largest absolute Gasteiger partial charge is 0.441 e. The number of amides is 2. The fraction of sp³-hybridized carbons (Fsp3) is 0.429. The highest BCUT2D eigenvalue weighted by Crippen LogP contribution is 2.29. The molecule has 1 aromatic carbocycles. The fourth-order valence-electron chi connectivity index (χ4n) is 2.67. The Morgan fingerprint density at radius 3 is 2.45 bits per heavy atom. The average molecular weight is 295 g/mol. The van der Waals surface area contributed by atoms with E-state index in [-0.39, 0.29) is 12.0 Å². The molecule has 2 fully saturated rings. The van der Waals surface area contributed by atoms with Gasteiger partial charge in [0.1, 0.15) is 5.60 Å². The zero-order valence-electron chi connectivity index (χ0n) is 10.9. The maximum Gasteiger partial charge on any atom is 0.407 e. The molecule has 1 aromatic rings. The third-order valence-electron chi connectivity index (χ3n) is 3.92. The molecule has 0 atom stereocenters. The monoisotopic (exact) mass is 294 g/mol. The van der Waals surface area contributed by atoms with E-state index >= 15 is 0 Å². The van der Waals surface area contributed by atoms with Gasteiger partial charge in [0.15, 0.2) is 0 Å². The van der Waals surface area contributed by atoms with Gasteiger partial charge in [0, 0.05) is 36.5 Å². The van der Waals surface area contributed by atoms with Gasteiger partial charge >= 0.3 is 6.09 Å². The minimum atomic E-state index is -0.423. The van der Waals surface area contributed by atoms with E-state index in [1.807, 2.05) is 0 Å². The minimum Gasteiger partial charge on any atom is -0.441 e. The molecule has 0 saturated carbocycles. The molecular formula is C14H15ClN2O3. The third-order valence-corrected chi connectivity index (χ3v) is 4.17. The maximum absolute atomic E-state index is 12.3. The number of likely N-dealkylation sites (tertiary alicyclic amines) is 1. The van der Waals surface area contributed by atoms with Crippen LogP contribution in [0.25, 0.3) is 0 Å². The van der Waals surface area contributed by atoms with Gasteiger partial charge in [-0.1, -0.05) is 11.6 Å². The van der Waals surface area contributed by atoms with Crippen LogP contribution in [0, 0.1) is 0 Å². The molecule has 0 bridgehead atoms. The van der Waals surface area contributed by atoms with Crippen molar-refractivity contribution in [2.24, 2.45) is 0 Å². The molecular weight excluding hydrogens is 280 g/mol. The average Bonchev–Trinajstić information content (AvgIpc) is 2.81. The fourth-order valence-corrected chi connectivity index (χ4v) is 2.80. The van der Waals surface area contributed by atoms with Crippen molar-refractivity contribution >= 4 is 23.6 Å². The Morgan fingerprint density at radius 2 is 1.90 bits per heavy atom. The van der Waals surface area contributed by atoms with Gasteiger partial charge in [-0.05, 0) is 24.3 Å². The second-order valence-corrected chi connectivity index (χ2v) is 5.66. The molecule has 2 saturated heterocycles. The molecule has 2 amide bonds. The molecule has 2 heterocycles. The smallest absolute Gasteiger partial charge is 0.407 e. The summed E-state index contributed by atoms with van der Waals surface area (Å²) in [6.45, 7) is 1.72. The molecule has 6 heteroatoms. The number of rotatable bonds is 1. The lowest BCUT2D eigenvalue weighted by Gasteiger charge is -2.37. The first-order valence-corrected chi connectivity index (χ1v) is 6.98. The Hall–Kier alpha value is -1.75. The normalized spacial score (nSPS) is 20.6. The summed E-state index contributed by atoms with van der Waals surface area (Å²) in [7, 11) is 0. The number of carbonyl (C=O) groups excluding carboxylic acids is 2. The van der Waals surface area contributed by atoms with Crippen LogP contribution < -0.4 is 5.32 Å². The topological polar surface area (TPSA) is 58.6 Å². The number of benzene rings is 1. The van der Waals surface area contributed by atoms with Crippen LogP contribution in [0.4, 0.5) is 4.79 Å². The lowest BCUT2D eigenvalue weighted by molar-refractivity contribution is 0.00331. The molecule has 0 radical (unpaired) electrons. The number of piperidine rings is 1. The van der Waals surface area contributed by atoms with Crippen LogP contribution in [-0.2, 0) is 4.74 Å². The standard InChI is InChI=1S/C14H15ClN2O3/c15-11-3-1-10(2-4-11)12(18)17-7-5-14(6-8-17)9-16-13(19)20-14/h1-4H,5-9H2,(H,16,19). The first-order valence-electron chi connectivity index (χ1n) is 6.60. The van der Waals surface area contributed by atoms with Crippen LogP contribution in [0.3, 0.4) is 0 Å². The molecule has 3 rings (SSSR count). The van der Waals surface area contributed by atoms with E-state index in [1.165, 1.54) is 0 Å². The third kappa shape index (κ3) is 2.45. The zero-order valence-corrected chi connectivity index (χ0v) is 11.7. The van der Waals surface area contributed by atoms with E-state index in [9.17, 15) is 9.59 Å². The molecule has 2 aliphatic heterocycles. The first-order chi connectivity index (χ1) is 9.58. The van der Waals surface area contributed by atoms with Crippen molar-refractivity contribution in [1.82, 2.24) is 10.2 Å². The number of nitrogens with one attached hydrogen (secondary N) is 1. The predicted octanol–water partition coefficient (Wildman–Crippen LogP) is 2.05. The van der Waals surface area contributed by atoms with Gasteiger partial charge in [-0.2, -0.15) is 0 Å². The van der Waals surface area contributed by atoms with Crippen molar-refractivity contribution in [3.8, 4) is 0 Å². The van der Waals surface area contributed by atoms with Crippen LogP contribution >= 0.6 is 11.6 Å². The number of alkyl carbamates (subject to hydrolysis) is 1. The van der Waals surface area contributed by atoms with Crippen molar-refractivity contribution in [3.05, 3.63) is 34.9 Å². The molecule has 1 spiro atoms. The number of ether oxygens (including phenoxy) is 1. The number of nitrogens with zero attached hydrogens (tertiary/aromatic N) is 1. The quantitative estimate of drug-likeness (QED) is 0.862. The highest BCUT2D eigenvalue weighted by atomic mass is 35.5. The highest BCUT2D eigenvalue weighted by molar-refractivity contribution is 6.30. The van der Waals surface area contributed by atoms with Crippen molar-refractivity contribution in [3.63, 3.8) is 0 Å². The Balaban J connectivity index is 1.64. The second kappa shape index (κ2) is 4.98. The summed E-state index contributed by atoms with van der Waals surface area (Å²) in [6.07, 6.45) is 0.985. The molecule has 0 aliphatic carbocycles. The van der Waals surface area contributed by atoms with Gasteiger partial charge in [-0.25, -0.2) is 4.79 Å². The van der Waals surface area contributed by atoms with E-state index in [0.717, 1.165) is 0 Å². The molecule has 2 aliphatic rings. The second-order valence-electron chi connectivity index (χ2n) is 5.23. The molecule has 20 heavy (non-hydrogen) atoms. The van der Waals surface area contributed by atoms with Gasteiger partial charge in [0.2, 0.25) is 0 Å². The van der Waals surface area contributed by atoms with E-state index in [1.54, 1.807) is 29.2 Å². The van der Waals surface area contributed by atoms with Gasteiger partial charge < -0.3 is 15.0 Å². The van der Waals surface area contributed by atoms with Crippen LogP contribution in [0.2, 0.25) is 5.02 Å². The molecule has 0 aromatic heterocycles. The van der Waals surface area contributed by atoms with Gasteiger partial charge in [-0.15, -0.1) is 0 Å². The van der Waals surface area contributed by atoms with E-state index in [0.29, 0.717) is 43.1 Å². The summed E-state index contributed by atoms with van der Waals surface area (Å²) in [5, 5.41) is 3.30.